The van der Waals surface area contributed by atoms with Gasteiger partial charge in [-0.15, -0.1) is 0 Å². The Morgan fingerprint density at radius 3 is 2.23 bits per heavy atom. The van der Waals surface area contributed by atoms with Crippen LogP contribution in [0.25, 0.3) is 0 Å². The van der Waals surface area contributed by atoms with Gasteiger partial charge in [0.05, 0.1) is 6.54 Å². The second-order valence-corrected chi connectivity index (χ2v) is 8.76. The lowest BCUT2D eigenvalue weighted by Gasteiger charge is -2.32. The molecule has 2 amide bonds. The molecule has 0 atom stereocenters. The number of hydrogen-bond donors (Lipinski definition) is 2. The highest BCUT2D eigenvalue weighted by atomic mass is 35.5. The van der Waals surface area contributed by atoms with E-state index >= 15 is 0 Å². The molecule has 0 aliphatic carbocycles. The van der Waals surface area contributed by atoms with Crippen LogP contribution in [0.4, 0.5) is 0 Å². The van der Waals surface area contributed by atoms with Crippen LogP contribution in [0.1, 0.15) is 44.0 Å². The molecule has 0 bridgehead atoms. The summed E-state index contributed by atoms with van der Waals surface area (Å²) in [4.78, 5) is 26.4. The minimum absolute atomic E-state index is 0.0575. The fourth-order valence-corrected chi connectivity index (χ4v) is 3.56. The summed E-state index contributed by atoms with van der Waals surface area (Å²) in [5.74, 6) is 0.305. The van der Waals surface area contributed by atoms with Crippen LogP contribution >= 0.6 is 23.2 Å². The van der Waals surface area contributed by atoms with Crippen LogP contribution in [-0.2, 0) is 4.79 Å². The van der Waals surface area contributed by atoms with Crippen molar-refractivity contribution < 1.29 is 9.59 Å². The predicted molar refractivity (Wildman–Crippen MR) is 106 cm³/mol. The number of nitrogens with one attached hydrogen (secondary N) is 2. The van der Waals surface area contributed by atoms with Crippen LogP contribution in [0.15, 0.2) is 18.2 Å². The summed E-state index contributed by atoms with van der Waals surface area (Å²) >= 11 is 11.9. The maximum atomic E-state index is 12.2. The molecule has 0 radical (unpaired) electrons. The molecule has 2 N–H and O–H groups in total. The summed E-state index contributed by atoms with van der Waals surface area (Å²) in [5.41, 5.74) is 0.266. The first-order chi connectivity index (χ1) is 12.1. The largest absolute Gasteiger partial charge is 0.352 e. The first kappa shape index (κ1) is 21.0. The number of rotatable bonds is 5. The number of likely N-dealkylation sites (tertiary alicyclic amines) is 1. The Hall–Kier alpha value is -1.30. The lowest BCUT2D eigenvalue weighted by molar-refractivity contribution is -0.124. The zero-order chi connectivity index (χ0) is 19.3. The van der Waals surface area contributed by atoms with Crippen molar-refractivity contribution in [3.05, 3.63) is 33.8 Å². The molecule has 26 heavy (non-hydrogen) atoms. The van der Waals surface area contributed by atoms with Crippen molar-refractivity contribution in [2.45, 2.75) is 39.2 Å². The summed E-state index contributed by atoms with van der Waals surface area (Å²) < 4.78 is 0. The number of piperidine rings is 1. The lowest BCUT2D eigenvalue weighted by Crippen LogP contribution is -2.48. The van der Waals surface area contributed by atoms with Gasteiger partial charge < -0.3 is 10.6 Å². The molecule has 1 aliphatic heterocycles. The van der Waals surface area contributed by atoms with E-state index in [2.05, 4.69) is 15.5 Å². The van der Waals surface area contributed by atoms with Crippen molar-refractivity contribution in [3.63, 3.8) is 0 Å². The number of carbonyl (C=O) groups excluding carboxylic acids is 2. The second-order valence-electron chi connectivity index (χ2n) is 7.89. The smallest absolute Gasteiger partial charge is 0.251 e. The van der Waals surface area contributed by atoms with Gasteiger partial charge in [-0.2, -0.15) is 0 Å². The van der Waals surface area contributed by atoms with E-state index in [0.717, 1.165) is 25.9 Å². The molecule has 0 saturated carbocycles. The van der Waals surface area contributed by atoms with Gasteiger partial charge in [0.25, 0.3) is 5.91 Å². The van der Waals surface area contributed by atoms with Crippen LogP contribution in [0, 0.1) is 5.92 Å². The highest BCUT2D eigenvalue weighted by molar-refractivity contribution is 6.35. The maximum absolute atomic E-state index is 12.2. The number of halogens is 2. The number of carbonyl (C=O) groups is 2. The zero-order valence-electron chi connectivity index (χ0n) is 15.6. The van der Waals surface area contributed by atoms with Crippen molar-refractivity contribution in [2.75, 3.05) is 26.2 Å². The van der Waals surface area contributed by atoms with Crippen LogP contribution in [0.3, 0.4) is 0 Å². The highest BCUT2D eigenvalue weighted by Crippen LogP contribution is 2.20. The molecule has 144 valence electrons. The average molecular weight is 400 g/mol. The Balaban J connectivity index is 1.73. The molecule has 1 aliphatic rings. The van der Waals surface area contributed by atoms with Crippen LogP contribution < -0.4 is 10.6 Å². The van der Waals surface area contributed by atoms with E-state index in [9.17, 15) is 9.59 Å². The Morgan fingerprint density at radius 2 is 1.69 bits per heavy atom. The lowest BCUT2D eigenvalue weighted by atomic mass is 9.96. The molecular formula is C19H27Cl2N3O2. The van der Waals surface area contributed by atoms with Crippen molar-refractivity contribution in [2.24, 2.45) is 5.92 Å². The van der Waals surface area contributed by atoms with Gasteiger partial charge in [0.1, 0.15) is 0 Å². The van der Waals surface area contributed by atoms with E-state index in [4.69, 9.17) is 23.2 Å². The van der Waals surface area contributed by atoms with E-state index in [1.54, 1.807) is 18.2 Å². The van der Waals surface area contributed by atoms with Crippen molar-refractivity contribution in [1.29, 1.82) is 0 Å². The van der Waals surface area contributed by atoms with Gasteiger partial charge in [-0.25, -0.2) is 0 Å². The molecule has 1 aromatic rings. The van der Waals surface area contributed by atoms with Gasteiger partial charge >= 0.3 is 0 Å². The zero-order valence-corrected chi connectivity index (χ0v) is 17.1. The fourth-order valence-electron chi connectivity index (χ4n) is 3.03. The third kappa shape index (κ3) is 7.14. The third-order valence-electron chi connectivity index (χ3n) is 4.26. The normalized spacial score (nSPS) is 16.3. The molecule has 1 aromatic carbocycles. The quantitative estimate of drug-likeness (QED) is 0.797. The standard InChI is InChI=1S/C19H27Cl2N3O2/c1-19(2,3)23-17(25)12-24-6-4-13(5-7-24)11-22-18(26)14-8-15(20)10-16(21)9-14/h8-10,13H,4-7,11-12H2,1-3H3,(H,22,26)(H,23,25). The summed E-state index contributed by atoms with van der Waals surface area (Å²) in [6.45, 7) is 8.71. The minimum Gasteiger partial charge on any atom is -0.352 e. The minimum atomic E-state index is -0.205. The maximum Gasteiger partial charge on any atom is 0.251 e. The van der Waals surface area contributed by atoms with Crippen molar-refractivity contribution >= 4 is 35.0 Å². The van der Waals surface area contributed by atoms with E-state index in [-0.39, 0.29) is 17.4 Å². The molecule has 1 saturated heterocycles. The summed E-state index contributed by atoms with van der Waals surface area (Å²) in [6.07, 6.45) is 1.92. The number of amides is 2. The van der Waals surface area contributed by atoms with Gasteiger partial charge in [0.15, 0.2) is 0 Å². The first-order valence-corrected chi connectivity index (χ1v) is 9.65. The fraction of sp³-hybridized carbons (Fsp3) is 0.579. The van der Waals surface area contributed by atoms with Crippen LogP contribution in [0.2, 0.25) is 10.0 Å². The molecule has 1 fully saturated rings. The topological polar surface area (TPSA) is 61.4 Å². The molecule has 2 rings (SSSR count). The Bertz CT molecular complexity index is 630. The monoisotopic (exact) mass is 399 g/mol. The number of benzene rings is 1. The predicted octanol–water partition coefficient (Wildman–Crippen LogP) is 3.35. The van der Waals surface area contributed by atoms with E-state index in [1.807, 2.05) is 20.8 Å². The van der Waals surface area contributed by atoms with E-state index < -0.39 is 0 Å². The van der Waals surface area contributed by atoms with Gasteiger partial charge in [-0.3, -0.25) is 14.5 Å². The van der Waals surface area contributed by atoms with Crippen LogP contribution in [-0.4, -0.2) is 48.4 Å². The van der Waals surface area contributed by atoms with Crippen LogP contribution in [0.5, 0.6) is 0 Å². The number of hydrogen-bond acceptors (Lipinski definition) is 3. The Kier molecular flexibility index (Phi) is 7.33. The Morgan fingerprint density at radius 1 is 1.12 bits per heavy atom. The number of nitrogens with zero attached hydrogens (tertiary/aromatic N) is 1. The molecule has 5 nitrogen and oxygen atoms in total. The molecule has 7 heteroatoms. The average Bonchev–Trinajstić information content (AvgIpc) is 2.51. The SMILES string of the molecule is CC(C)(C)NC(=O)CN1CCC(CNC(=O)c2cc(Cl)cc(Cl)c2)CC1. The van der Waals surface area contributed by atoms with Gasteiger partial charge in [0, 0.05) is 27.7 Å². The molecule has 1 heterocycles. The Labute approximate surface area is 165 Å². The summed E-state index contributed by atoms with van der Waals surface area (Å²) in [5, 5.41) is 6.84. The molecule has 0 unspecified atom stereocenters. The highest BCUT2D eigenvalue weighted by Gasteiger charge is 2.23. The van der Waals surface area contributed by atoms with E-state index in [0.29, 0.717) is 34.6 Å². The molecular weight excluding hydrogens is 373 g/mol. The molecule has 0 spiro atoms. The van der Waals surface area contributed by atoms with Gasteiger partial charge in [-0.1, -0.05) is 23.2 Å². The molecule has 0 aromatic heterocycles. The first-order valence-electron chi connectivity index (χ1n) is 8.90. The van der Waals surface area contributed by atoms with Gasteiger partial charge in [-0.05, 0) is 70.8 Å². The summed E-state index contributed by atoms with van der Waals surface area (Å²) in [6, 6.07) is 4.82. The van der Waals surface area contributed by atoms with Crippen molar-refractivity contribution in [1.82, 2.24) is 15.5 Å². The van der Waals surface area contributed by atoms with Crippen molar-refractivity contribution in [3.8, 4) is 0 Å². The second kappa shape index (κ2) is 9.07. The third-order valence-corrected chi connectivity index (χ3v) is 4.70. The summed E-state index contributed by atoms with van der Waals surface area (Å²) in [7, 11) is 0. The van der Waals surface area contributed by atoms with Gasteiger partial charge in [0.2, 0.25) is 5.91 Å². The van der Waals surface area contributed by atoms with E-state index in [1.165, 1.54) is 0 Å².